The van der Waals surface area contributed by atoms with Crippen LogP contribution in [-0.2, 0) is 4.74 Å². The lowest BCUT2D eigenvalue weighted by Crippen LogP contribution is -2.30. The lowest BCUT2D eigenvalue weighted by atomic mass is 10.0. The monoisotopic (exact) mass is 437 g/mol. The summed E-state index contributed by atoms with van der Waals surface area (Å²) in [5.74, 6) is -0.572. The zero-order chi connectivity index (χ0) is 22.0. The minimum absolute atomic E-state index is 0.0478. The van der Waals surface area contributed by atoms with Crippen LogP contribution < -0.4 is 5.73 Å². The van der Waals surface area contributed by atoms with Gasteiger partial charge in [0, 0.05) is 34.3 Å². The van der Waals surface area contributed by atoms with Gasteiger partial charge in [-0.1, -0.05) is 0 Å². The van der Waals surface area contributed by atoms with Crippen molar-refractivity contribution in [3.63, 3.8) is 0 Å². The number of carbonyl (C=O) groups excluding carboxylic acids is 1. The first-order chi connectivity index (χ1) is 15.0. The van der Waals surface area contributed by atoms with Crippen LogP contribution in [0.15, 0.2) is 46.6 Å². The maximum atomic E-state index is 13.5. The van der Waals surface area contributed by atoms with Crippen molar-refractivity contribution in [2.24, 2.45) is 5.73 Å². The fourth-order valence-electron chi connectivity index (χ4n) is 3.66. The van der Waals surface area contributed by atoms with Crippen molar-refractivity contribution in [1.29, 1.82) is 10.8 Å². The highest BCUT2D eigenvalue weighted by Crippen LogP contribution is 2.35. The molecule has 0 bridgehead atoms. The van der Waals surface area contributed by atoms with E-state index in [0.29, 0.717) is 17.7 Å². The fourth-order valence-corrected chi connectivity index (χ4v) is 4.60. The van der Waals surface area contributed by atoms with Crippen molar-refractivity contribution in [1.82, 2.24) is 9.88 Å². The van der Waals surface area contributed by atoms with E-state index in [1.54, 1.807) is 48.1 Å². The second-order valence-electron chi connectivity index (χ2n) is 7.35. The predicted molar refractivity (Wildman–Crippen MR) is 119 cm³/mol. The number of aromatic nitrogens is 1. The predicted octanol–water partition coefficient (Wildman–Crippen LogP) is 3.97. The lowest BCUT2D eigenvalue weighted by Gasteiger charge is -2.24. The summed E-state index contributed by atoms with van der Waals surface area (Å²) in [7, 11) is 0. The number of carbonyl (C=O) groups is 1. The van der Waals surface area contributed by atoms with Crippen LogP contribution in [0.4, 0.5) is 0 Å². The number of hydrogen-bond acceptors (Lipinski definition) is 8. The number of hydrogen-bond donors (Lipinski definition) is 3. The molecule has 3 aromatic rings. The molecule has 4 N–H and O–H groups in total. The number of nitrogens with two attached hydrogens (primary N) is 1. The van der Waals surface area contributed by atoms with Gasteiger partial charge in [0.25, 0.3) is 5.91 Å². The van der Waals surface area contributed by atoms with Crippen molar-refractivity contribution >= 4 is 29.0 Å². The summed E-state index contributed by atoms with van der Waals surface area (Å²) in [6, 6.07) is 6.89. The van der Waals surface area contributed by atoms with Crippen LogP contribution in [0.5, 0.6) is 0 Å². The van der Waals surface area contributed by atoms with Crippen LogP contribution in [0, 0.1) is 17.7 Å². The SMILES string of the molecule is Cc1csc(C2CCCN2C(=O)c2cc(C(=N)OC(=N)CN)cc(-c3ccoc3)c2)n1. The smallest absolute Gasteiger partial charge is 0.254 e. The van der Waals surface area contributed by atoms with Gasteiger partial charge in [0.2, 0.25) is 11.8 Å². The van der Waals surface area contributed by atoms with Gasteiger partial charge >= 0.3 is 0 Å². The van der Waals surface area contributed by atoms with Crippen LogP contribution in [0.3, 0.4) is 0 Å². The Bertz CT molecular complexity index is 1120. The summed E-state index contributed by atoms with van der Waals surface area (Å²) in [6.07, 6.45) is 4.92. The highest BCUT2D eigenvalue weighted by Gasteiger charge is 2.33. The van der Waals surface area contributed by atoms with E-state index in [-0.39, 0.29) is 30.3 Å². The Morgan fingerprint density at radius 3 is 2.81 bits per heavy atom. The Labute approximate surface area is 183 Å². The van der Waals surface area contributed by atoms with Crippen molar-refractivity contribution in [3.8, 4) is 11.1 Å². The summed E-state index contributed by atoms with van der Waals surface area (Å²) in [5, 5.41) is 18.8. The number of furan rings is 1. The van der Waals surface area contributed by atoms with Gasteiger partial charge in [-0.05, 0) is 49.6 Å². The van der Waals surface area contributed by atoms with Crippen LogP contribution in [-0.4, -0.2) is 40.7 Å². The molecule has 1 saturated heterocycles. The molecular weight excluding hydrogens is 414 g/mol. The Morgan fingerprint density at radius 1 is 1.32 bits per heavy atom. The van der Waals surface area contributed by atoms with Gasteiger partial charge < -0.3 is 19.8 Å². The molecule has 0 spiro atoms. The Hall–Kier alpha value is -3.30. The van der Waals surface area contributed by atoms with Gasteiger partial charge in [0.05, 0.1) is 25.1 Å². The molecule has 31 heavy (non-hydrogen) atoms. The second-order valence-corrected chi connectivity index (χ2v) is 8.24. The number of nitrogens with one attached hydrogen (secondary N) is 2. The number of nitrogens with zero attached hydrogens (tertiary/aromatic N) is 2. The molecule has 1 unspecified atom stereocenters. The molecule has 2 aromatic heterocycles. The summed E-state index contributed by atoms with van der Waals surface area (Å²) in [6.45, 7) is 2.49. The maximum absolute atomic E-state index is 13.5. The van der Waals surface area contributed by atoms with Gasteiger partial charge in [-0.3, -0.25) is 15.6 Å². The van der Waals surface area contributed by atoms with Gasteiger partial charge in [-0.2, -0.15) is 0 Å². The summed E-state index contributed by atoms with van der Waals surface area (Å²) >= 11 is 1.57. The number of likely N-dealkylation sites (tertiary alicyclic amines) is 1. The first-order valence-electron chi connectivity index (χ1n) is 9.91. The molecule has 0 aliphatic carbocycles. The van der Waals surface area contributed by atoms with E-state index in [2.05, 4.69) is 4.98 Å². The lowest BCUT2D eigenvalue weighted by molar-refractivity contribution is 0.0735. The minimum Gasteiger partial charge on any atom is -0.472 e. The number of amides is 1. The topological polar surface area (TPSA) is 129 Å². The molecule has 1 atom stereocenters. The number of ether oxygens (including phenoxy) is 1. The van der Waals surface area contributed by atoms with E-state index in [0.717, 1.165) is 34.7 Å². The minimum atomic E-state index is -0.233. The second kappa shape index (κ2) is 8.83. The average Bonchev–Trinajstić information content (AvgIpc) is 3.53. The molecule has 1 amide bonds. The van der Waals surface area contributed by atoms with Crippen molar-refractivity contribution in [2.45, 2.75) is 25.8 Å². The van der Waals surface area contributed by atoms with Crippen LogP contribution in [0.25, 0.3) is 11.1 Å². The quantitative estimate of drug-likeness (QED) is 0.411. The maximum Gasteiger partial charge on any atom is 0.254 e. The van der Waals surface area contributed by atoms with E-state index in [1.807, 2.05) is 17.2 Å². The van der Waals surface area contributed by atoms with Crippen molar-refractivity contribution in [2.75, 3.05) is 13.1 Å². The molecular formula is C22H23N5O3S. The largest absolute Gasteiger partial charge is 0.472 e. The Kier molecular flexibility index (Phi) is 5.97. The molecule has 1 fully saturated rings. The van der Waals surface area contributed by atoms with Crippen LogP contribution in [0.1, 0.15) is 45.5 Å². The molecule has 160 valence electrons. The number of thiazole rings is 1. The number of rotatable bonds is 5. The highest BCUT2D eigenvalue weighted by atomic mass is 32.1. The molecule has 0 saturated carbocycles. The van der Waals surface area contributed by atoms with E-state index >= 15 is 0 Å². The standard InChI is InChI=1S/C22H23N5O3S/c1-13-12-31-21(26-13)18-3-2-5-27(18)22(28)17-8-15(14-4-6-29-11-14)7-16(9-17)20(25)30-19(24)10-23/h4,6-9,11-12,18,24-25H,2-3,5,10,23H2,1H3. The zero-order valence-electron chi connectivity index (χ0n) is 17.1. The molecule has 9 heteroatoms. The number of aryl methyl sites for hydroxylation is 1. The molecule has 4 rings (SSSR count). The van der Waals surface area contributed by atoms with Gasteiger partial charge in [-0.15, -0.1) is 11.3 Å². The van der Waals surface area contributed by atoms with E-state index in [4.69, 9.17) is 25.7 Å². The summed E-state index contributed by atoms with van der Waals surface area (Å²) < 4.78 is 10.4. The van der Waals surface area contributed by atoms with Crippen LogP contribution >= 0.6 is 11.3 Å². The van der Waals surface area contributed by atoms with Crippen molar-refractivity contribution < 1.29 is 13.9 Å². The zero-order valence-corrected chi connectivity index (χ0v) is 17.9. The molecule has 1 aromatic carbocycles. The van der Waals surface area contributed by atoms with E-state index < -0.39 is 0 Å². The first kappa shape index (κ1) is 21.0. The average molecular weight is 438 g/mol. The first-order valence-corrected chi connectivity index (χ1v) is 10.8. The molecule has 3 heterocycles. The normalized spacial score (nSPS) is 15.8. The molecule has 1 aliphatic heterocycles. The molecule has 8 nitrogen and oxygen atoms in total. The fraction of sp³-hybridized carbons (Fsp3) is 0.273. The Morgan fingerprint density at radius 2 is 2.13 bits per heavy atom. The third-order valence-electron chi connectivity index (χ3n) is 5.14. The Balaban J connectivity index is 1.70. The summed E-state index contributed by atoms with van der Waals surface area (Å²) in [5.41, 5.74) is 8.71. The summed E-state index contributed by atoms with van der Waals surface area (Å²) in [4.78, 5) is 20.0. The molecule has 1 aliphatic rings. The van der Waals surface area contributed by atoms with Gasteiger partial charge in [0.15, 0.2) is 0 Å². The third kappa shape index (κ3) is 4.42. The highest BCUT2D eigenvalue weighted by molar-refractivity contribution is 7.09. The van der Waals surface area contributed by atoms with Gasteiger partial charge in [-0.25, -0.2) is 4.98 Å². The molecule has 0 radical (unpaired) electrons. The third-order valence-corrected chi connectivity index (χ3v) is 6.21. The van der Waals surface area contributed by atoms with Gasteiger partial charge in [0.1, 0.15) is 5.01 Å². The number of benzene rings is 1. The van der Waals surface area contributed by atoms with E-state index in [1.165, 1.54) is 0 Å². The van der Waals surface area contributed by atoms with Crippen LogP contribution in [0.2, 0.25) is 0 Å². The van der Waals surface area contributed by atoms with Crippen molar-refractivity contribution in [3.05, 3.63) is 64.0 Å². The van der Waals surface area contributed by atoms with E-state index in [9.17, 15) is 4.79 Å².